The minimum atomic E-state index is -0.248. The Bertz CT molecular complexity index is 1820. The first-order chi connectivity index (χ1) is 21.8. The summed E-state index contributed by atoms with van der Waals surface area (Å²) in [5.74, 6) is 0.648. The van der Waals surface area contributed by atoms with Crippen molar-refractivity contribution in [2.75, 3.05) is 12.4 Å². The van der Waals surface area contributed by atoms with Crippen molar-refractivity contribution in [1.82, 2.24) is 5.32 Å². The van der Waals surface area contributed by atoms with Crippen LogP contribution in [0.4, 0.5) is 11.4 Å². The third-order valence-corrected chi connectivity index (χ3v) is 7.66. The van der Waals surface area contributed by atoms with Gasteiger partial charge in [-0.2, -0.15) is 0 Å². The Hall–Kier alpha value is -5.32. The van der Waals surface area contributed by atoms with Crippen molar-refractivity contribution >= 4 is 29.0 Å². The zero-order valence-electron chi connectivity index (χ0n) is 24.9. The summed E-state index contributed by atoms with van der Waals surface area (Å²) in [5.41, 5.74) is 9.99. The van der Waals surface area contributed by atoms with Crippen molar-refractivity contribution in [1.29, 1.82) is 0 Å². The fourth-order valence-electron chi connectivity index (χ4n) is 5.40. The minimum absolute atomic E-state index is 0.248. The van der Waals surface area contributed by atoms with Gasteiger partial charge in [-0.25, -0.2) is 9.98 Å². The molecule has 44 heavy (non-hydrogen) atoms. The van der Waals surface area contributed by atoms with E-state index in [1.807, 2.05) is 37.5 Å². The molecule has 0 amide bonds. The van der Waals surface area contributed by atoms with E-state index >= 15 is 0 Å². The van der Waals surface area contributed by atoms with Gasteiger partial charge in [-0.1, -0.05) is 127 Å². The second kappa shape index (κ2) is 14.2. The van der Waals surface area contributed by atoms with Crippen molar-refractivity contribution < 1.29 is 0 Å². The number of hydrogen-bond acceptors (Lipinski definition) is 3. The van der Waals surface area contributed by atoms with Gasteiger partial charge in [0.25, 0.3) is 0 Å². The quantitative estimate of drug-likeness (QED) is 0.136. The van der Waals surface area contributed by atoms with E-state index < -0.39 is 0 Å². The molecule has 0 saturated carbocycles. The molecule has 6 rings (SSSR count). The number of benzene rings is 5. The van der Waals surface area contributed by atoms with Gasteiger partial charge in [-0.05, 0) is 72.0 Å². The molecule has 1 atom stereocenters. The van der Waals surface area contributed by atoms with Crippen LogP contribution in [0.1, 0.15) is 41.3 Å². The molecule has 5 aromatic rings. The average Bonchev–Trinajstić information content (AvgIpc) is 3.10. The van der Waals surface area contributed by atoms with Crippen LogP contribution < -0.4 is 10.6 Å². The van der Waals surface area contributed by atoms with Crippen molar-refractivity contribution in [3.05, 3.63) is 174 Å². The van der Waals surface area contributed by atoms with Crippen LogP contribution in [-0.2, 0) is 0 Å². The maximum Gasteiger partial charge on any atom is 0.156 e. The first-order valence-corrected chi connectivity index (χ1v) is 15.1. The Balaban J connectivity index is 1.35. The van der Waals surface area contributed by atoms with E-state index in [0.717, 1.165) is 46.5 Å². The van der Waals surface area contributed by atoms with Crippen LogP contribution in [0.25, 0.3) is 16.7 Å². The van der Waals surface area contributed by atoms with Crippen molar-refractivity contribution in [2.24, 2.45) is 9.98 Å². The predicted octanol–water partition coefficient (Wildman–Crippen LogP) is 9.61. The van der Waals surface area contributed by atoms with E-state index in [1.54, 1.807) is 0 Å². The molecule has 1 aliphatic carbocycles. The number of anilines is 2. The van der Waals surface area contributed by atoms with Gasteiger partial charge in [0, 0.05) is 28.7 Å². The summed E-state index contributed by atoms with van der Waals surface area (Å²) in [7, 11) is 1.93. The standard InChI is InChI=1S/C40H36N4/c1-41-39(33-20-9-4-10-21-33)44-40(42-29-30-15-13-22-34(27-30)31-16-5-2-6-17-31)35-23-14-24-36(28-35)43-38-26-12-11-25-37(38)32-18-7-3-8-19-32/h2-7,9-18,20-29,39,41,43H,8,19H2,1H3/b42-29+,44-40-. The molecule has 5 aromatic carbocycles. The maximum atomic E-state index is 5.13. The molecular weight excluding hydrogens is 536 g/mol. The monoisotopic (exact) mass is 572 g/mol. The summed E-state index contributed by atoms with van der Waals surface area (Å²) in [6.07, 6.45) is 10.3. The minimum Gasteiger partial charge on any atom is -0.355 e. The highest BCUT2D eigenvalue weighted by Crippen LogP contribution is 2.31. The van der Waals surface area contributed by atoms with Crippen LogP contribution in [-0.4, -0.2) is 19.1 Å². The van der Waals surface area contributed by atoms with Crippen LogP contribution in [0.3, 0.4) is 0 Å². The van der Waals surface area contributed by atoms with E-state index in [9.17, 15) is 0 Å². The molecule has 0 bridgehead atoms. The topological polar surface area (TPSA) is 48.8 Å². The molecule has 0 aliphatic heterocycles. The lowest BCUT2D eigenvalue weighted by molar-refractivity contribution is 0.625. The molecule has 1 aliphatic rings. The lowest BCUT2D eigenvalue weighted by atomic mass is 9.96. The van der Waals surface area contributed by atoms with E-state index in [0.29, 0.717) is 5.84 Å². The summed E-state index contributed by atoms with van der Waals surface area (Å²) in [4.78, 5) is 10.1. The Kier molecular flexibility index (Phi) is 9.31. The highest BCUT2D eigenvalue weighted by molar-refractivity contribution is 6.06. The SMILES string of the molecule is CNC(/N=C(\N=C\c1cccc(-c2ccccc2)c1)c1cccc(Nc2ccccc2C2=CC=CCC2)c1)c1ccccc1. The van der Waals surface area contributed by atoms with Crippen LogP contribution in [0, 0.1) is 0 Å². The maximum absolute atomic E-state index is 5.13. The van der Waals surface area contributed by atoms with Gasteiger partial charge in [-0.3, -0.25) is 5.32 Å². The molecule has 0 fully saturated rings. The van der Waals surface area contributed by atoms with Crippen molar-refractivity contribution in [3.63, 3.8) is 0 Å². The summed E-state index contributed by atoms with van der Waals surface area (Å²) >= 11 is 0. The van der Waals surface area contributed by atoms with Crippen molar-refractivity contribution in [3.8, 4) is 11.1 Å². The molecule has 1 unspecified atom stereocenters. The number of para-hydroxylation sites is 1. The second-order valence-corrected chi connectivity index (χ2v) is 10.7. The lowest BCUT2D eigenvalue weighted by Gasteiger charge is -2.17. The normalized spacial score (nSPS) is 13.9. The van der Waals surface area contributed by atoms with E-state index in [1.165, 1.54) is 16.7 Å². The summed E-state index contributed by atoms with van der Waals surface area (Å²) < 4.78 is 0. The van der Waals surface area contributed by atoms with Crippen LogP contribution in [0.5, 0.6) is 0 Å². The number of nitrogens with one attached hydrogen (secondary N) is 2. The summed E-state index contributed by atoms with van der Waals surface area (Å²) in [5, 5.41) is 7.03. The number of nitrogens with zero attached hydrogens (tertiary/aromatic N) is 2. The smallest absolute Gasteiger partial charge is 0.156 e. The fraction of sp³-hybridized carbons (Fsp3) is 0.100. The predicted molar refractivity (Wildman–Crippen MR) is 187 cm³/mol. The van der Waals surface area contributed by atoms with Gasteiger partial charge in [0.15, 0.2) is 5.84 Å². The first kappa shape index (κ1) is 28.8. The molecule has 4 nitrogen and oxygen atoms in total. The van der Waals surface area contributed by atoms with E-state index in [4.69, 9.17) is 9.98 Å². The zero-order chi connectivity index (χ0) is 30.0. The Morgan fingerprint density at radius 2 is 1.50 bits per heavy atom. The third kappa shape index (κ3) is 7.17. The van der Waals surface area contributed by atoms with Gasteiger partial charge in [0.1, 0.15) is 6.17 Å². The third-order valence-electron chi connectivity index (χ3n) is 7.66. The second-order valence-electron chi connectivity index (χ2n) is 10.7. The number of aliphatic imine (C=N–C) groups is 2. The highest BCUT2D eigenvalue weighted by Gasteiger charge is 2.13. The lowest BCUT2D eigenvalue weighted by Crippen LogP contribution is -2.16. The van der Waals surface area contributed by atoms with Crippen LogP contribution in [0.2, 0.25) is 0 Å². The zero-order valence-corrected chi connectivity index (χ0v) is 24.9. The van der Waals surface area contributed by atoms with Gasteiger partial charge in [0.05, 0.1) is 0 Å². The molecule has 0 radical (unpaired) electrons. The van der Waals surface area contributed by atoms with Crippen LogP contribution in [0.15, 0.2) is 162 Å². The van der Waals surface area contributed by atoms with Gasteiger partial charge in [-0.15, -0.1) is 0 Å². The summed E-state index contributed by atoms with van der Waals surface area (Å²) in [6, 6.07) is 45.9. The van der Waals surface area contributed by atoms with Gasteiger partial charge >= 0.3 is 0 Å². The highest BCUT2D eigenvalue weighted by atomic mass is 15.1. The van der Waals surface area contributed by atoms with Crippen LogP contribution >= 0.6 is 0 Å². The number of rotatable bonds is 9. The molecule has 4 heteroatoms. The number of amidine groups is 1. The molecule has 2 N–H and O–H groups in total. The molecule has 0 heterocycles. The first-order valence-electron chi connectivity index (χ1n) is 15.1. The van der Waals surface area contributed by atoms with Gasteiger partial charge < -0.3 is 5.32 Å². The Morgan fingerprint density at radius 3 is 2.30 bits per heavy atom. The molecule has 216 valence electrons. The molecule has 0 spiro atoms. The molecule has 0 saturated heterocycles. The van der Waals surface area contributed by atoms with Crippen molar-refractivity contribution in [2.45, 2.75) is 19.0 Å². The Labute approximate surface area is 260 Å². The molecular formula is C40H36N4. The Morgan fingerprint density at radius 1 is 0.750 bits per heavy atom. The van der Waals surface area contributed by atoms with E-state index in [2.05, 4.69) is 138 Å². The largest absolute Gasteiger partial charge is 0.355 e. The van der Waals surface area contributed by atoms with E-state index in [-0.39, 0.29) is 6.17 Å². The summed E-state index contributed by atoms with van der Waals surface area (Å²) in [6.45, 7) is 0. The number of hydrogen-bond donors (Lipinski definition) is 2. The van der Waals surface area contributed by atoms with Gasteiger partial charge in [0.2, 0.25) is 0 Å². The number of allylic oxidation sites excluding steroid dienone is 4. The fourth-order valence-corrected chi connectivity index (χ4v) is 5.40. The molecule has 0 aromatic heterocycles. The average molecular weight is 573 g/mol.